The van der Waals surface area contributed by atoms with Crippen LogP contribution in [-0.2, 0) is 9.47 Å². The molecule has 2 aromatic heterocycles. The van der Waals surface area contributed by atoms with Crippen LogP contribution in [-0.4, -0.2) is 52.6 Å². The zero-order chi connectivity index (χ0) is 13.8. The highest BCUT2D eigenvalue weighted by Gasteiger charge is 2.17. The predicted octanol–water partition coefficient (Wildman–Crippen LogP) is 0.662. The lowest BCUT2D eigenvalue weighted by Crippen LogP contribution is -2.34. The van der Waals surface area contributed by atoms with Crippen molar-refractivity contribution in [2.45, 2.75) is 13.0 Å². The van der Waals surface area contributed by atoms with Gasteiger partial charge in [-0.3, -0.25) is 0 Å². The summed E-state index contributed by atoms with van der Waals surface area (Å²) in [4.78, 5) is 12.4. The van der Waals surface area contributed by atoms with Gasteiger partial charge in [-0.1, -0.05) is 5.16 Å². The Kier molecular flexibility index (Phi) is 3.84. The number of anilines is 1. The molecule has 0 radical (unpaired) electrons. The molecule has 0 spiro atoms. The zero-order valence-corrected chi connectivity index (χ0v) is 11.1. The molecule has 1 aliphatic rings. The van der Waals surface area contributed by atoms with Crippen LogP contribution in [0.3, 0.4) is 0 Å². The summed E-state index contributed by atoms with van der Waals surface area (Å²) in [5.74, 6) is 1.60. The molecular weight excluding hydrogens is 262 g/mol. The molecule has 3 heterocycles. The van der Waals surface area contributed by atoms with Crippen LogP contribution in [0.2, 0.25) is 0 Å². The zero-order valence-electron chi connectivity index (χ0n) is 11.1. The highest BCUT2D eigenvalue weighted by atomic mass is 16.6. The molecule has 20 heavy (non-hydrogen) atoms. The molecule has 0 saturated carbocycles. The van der Waals surface area contributed by atoms with E-state index in [-0.39, 0.29) is 6.10 Å². The Morgan fingerprint density at radius 3 is 3.10 bits per heavy atom. The fourth-order valence-corrected chi connectivity index (χ4v) is 1.90. The summed E-state index contributed by atoms with van der Waals surface area (Å²) in [6.07, 6.45) is 3.12. The van der Waals surface area contributed by atoms with Crippen molar-refractivity contribution >= 4 is 5.82 Å². The van der Waals surface area contributed by atoms with Gasteiger partial charge in [0.1, 0.15) is 17.7 Å². The molecule has 1 aliphatic heterocycles. The van der Waals surface area contributed by atoms with Gasteiger partial charge in [-0.2, -0.15) is 4.98 Å². The van der Waals surface area contributed by atoms with Crippen molar-refractivity contribution < 1.29 is 14.0 Å². The minimum Gasteiger partial charge on any atom is -0.376 e. The Hall–Kier alpha value is -2.06. The van der Waals surface area contributed by atoms with Crippen LogP contribution >= 0.6 is 0 Å². The average molecular weight is 277 g/mol. The van der Waals surface area contributed by atoms with E-state index in [4.69, 9.17) is 14.0 Å². The van der Waals surface area contributed by atoms with Gasteiger partial charge in [0.2, 0.25) is 0 Å². The lowest BCUT2D eigenvalue weighted by Gasteiger charge is -2.23. The monoisotopic (exact) mass is 277 g/mol. The molecule has 3 rings (SSSR count). The highest BCUT2D eigenvalue weighted by Crippen LogP contribution is 2.23. The Morgan fingerprint density at radius 2 is 2.35 bits per heavy atom. The second kappa shape index (κ2) is 5.93. The second-order valence-electron chi connectivity index (χ2n) is 4.38. The van der Waals surface area contributed by atoms with Crippen LogP contribution < -0.4 is 5.32 Å². The molecule has 0 amide bonds. The van der Waals surface area contributed by atoms with E-state index < -0.39 is 0 Å². The molecule has 106 valence electrons. The second-order valence-corrected chi connectivity index (χ2v) is 4.38. The first-order valence-electron chi connectivity index (χ1n) is 6.37. The maximum atomic E-state index is 5.57. The predicted molar refractivity (Wildman–Crippen MR) is 69.1 cm³/mol. The quantitative estimate of drug-likeness (QED) is 0.871. The Bertz CT molecular complexity index is 568. The topological polar surface area (TPSA) is 95.2 Å². The first-order valence-corrected chi connectivity index (χ1v) is 6.37. The van der Waals surface area contributed by atoms with Crippen molar-refractivity contribution in [1.82, 2.24) is 20.1 Å². The van der Waals surface area contributed by atoms with Crippen molar-refractivity contribution in [3.8, 4) is 11.5 Å². The number of nitrogens with one attached hydrogen (secondary N) is 1. The van der Waals surface area contributed by atoms with Crippen molar-refractivity contribution in [2.24, 2.45) is 0 Å². The van der Waals surface area contributed by atoms with E-state index in [0.717, 1.165) is 0 Å². The van der Waals surface area contributed by atoms with Gasteiger partial charge in [-0.05, 0) is 6.92 Å². The Morgan fingerprint density at radius 1 is 1.40 bits per heavy atom. The van der Waals surface area contributed by atoms with Crippen molar-refractivity contribution in [1.29, 1.82) is 0 Å². The van der Waals surface area contributed by atoms with E-state index in [1.54, 1.807) is 13.1 Å². The average Bonchev–Trinajstić information content (AvgIpc) is 2.93. The van der Waals surface area contributed by atoms with Crippen LogP contribution in [0.1, 0.15) is 5.82 Å². The molecule has 0 bridgehead atoms. The molecule has 0 aromatic carbocycles. The summed E-state index contributed by atoms with van der Waals surface area (Å²) < 4.78 is 16.1. The summed E-state index contributed by atoms with van der Waals surface area (Å²) in [6.45, 7) is 4.20. The number of rotatable bonds is 4. The number of hydrogen-bond acceptors (Lipinski definition) is 8. The van der Waals surface area contributed by atoms with Crippen molar-refractivity contribution in [3.63, 3.8) is 0 Å². The summed E-state index contributed by atoms with van der Waals surface area (Å²) in [7, 11) is 0. The maximum absolute atomic E-state index is 5.57. The molecule has 2 aromatic rings. The van der Waals surface area contributed by atoms with Gasteiger partial charge in [0.15, 0.2) is 5.82 Å². The molecule has 1 saturated heterocycles. The number of nitrogens with zero attached hydrogens (tertiary/aromatic N) is 4. The van der Waals surface area contributed by atoms with E-state index in [9.17, 15) is 0 Å². The number of aromatic nitrogens is 4. The van der Waals surface area contributed by atoms with Gasteiger partial charge in [-0.15, -0.1) is 0 Å². The van der Waals surface area contributed by atoms with Crippen LogP contribution in [0.15, 0.2) is 17.0 Å². The molecule has 1 N–H and O–H groups in total. The van der Waals surface area contributed by atoms with Gasteiger partial charge < -0.3 is 19.3 Å². The van der Waals surface area contributed by atoms with E-state index >= 15 is 0 Å². The minimum atomic E-state index is 0.0102. The van der Waals surface area contributed by atoms with Crippen LogP contribution in [0.4, 0.5) is 5.82 Å². The van der Waals surface area contributed by atoms with E-state index in [1.165, 1.54) is 6.33 Å². The first-order chi connectivity index (χ1) is 9.83. The van der Waals surface area contributed by atoms with Gasteiger partial charge in [0.05, 0.1) is 25.9 Å². The van der Waals surface area contributed by atoms with Crippen LogP contribution in [0, 0.1) is 6.92 Å². The van der Waals surface area contributed by atoms with Crippen LogP contribution in [0.25, 0.3) is 11.5 Å². The third-order valence-electron chi connectivity index (χ3n) is 2.85. The van der Waals surface area contributed by atoms with Crippen molar-refractivity contribution in [2.75, 3.05) is 31.7 Å². The number of ether oxygens (including phenoxy) is 2. The third-order valence-corrected chi connectivity index (χ3v) is 2.85. The smallest absolute Gasteiger partial charge is 0.263 e. The van der Waals surface area contributed by atoms with Gasteiger partial charge >= 0.3 is 0 Å². The third kappa shape index (κ3) is 2.91. The molecule has 8 nitrogen and oxygen atoms in total. The highest BCUT2D eigenvalue weighted by molar-refractivity contribution is 5.67. The molecule has 0 unspecified atom stereocenters. The summed E-state index contributed by atoms with van der Waals surface area (Å²) in [5.41, 5.74) is 0.671. The normalized spacial score (nSPS) is 18.9. The number of aryl methyl sites for hydroxylation is 1. The minimum absolute atomic E-state index is 0.0102. The van der Waals surface area contributed by atoms with Crippen LogP contribution in [0.5, 0.6) is 0 Å². The molecule has 1 fully saturated rings. The lowest BCUT2D eigenvalue weighted by atomic mass is 10.3. The standard InChI is InChI=1S/C12H15N5O3/c1-8-16-12(20-17-8)10-5-13-7-15-11(10)14-4-9-6-18-2-3-19-9/h5,7,9H,2-4,6H2,1H3,(H,13,14,15)/t9-/m1/s1. The van der Waals surface area contributed by atoms with Gasteiger partial charge in [0.25, 0.3) is 5.89 Å². The fraction of sp³-hybridized carbons (Fsp3) is 0.500. The maximum Gasteiger partial charge on any atom is 0.263 e. The Labute approximate surface area is 115 Å². The SMILES string of the molecule is Cc1noc(-c2cncnc2NC[C@@H]2COCCO2)n1. The Balaban J connectivity index is 1.72. The fourth-order valence-electron chi connectivity index (χ4n) is 1.90. The molecule has 0 aliphatic carbocycles. The first kappa shape index (κ1) is 12.9. The number of hydrogen-bond donors (Lipinski definition) is 1. The summed E-state index contributed by atoms with van der Waals surface area (Å²) >= 11 is 0. The summed E-state index contributed by atoms with van der Waals surface area (Å²) in [6, 6.07) is 0. The molecular formula is C12H15N5O3. The molecule has 8 heteroatoms. The van der Waals surface area contributed by atoms with E-state index in [1.807, 2.05) is 0 Å². The van der Waals surface area contributed by atoms with E-state index in [0.29, 0.717) is 49.5 Å². The lowest BCUT2D eigenvalue weighted by molar-refractivity contribution is -0.0819. The van der Waals surface area contributed by atoms with Gasteiger partial charge in [0, 0.05) is 12.7 Å². The van der Waals surface area contributed by atoms with Gasteiger partial charge in [-0.25, -0.2) is 9.97 Å². The molecule has 1 atom stereocenters. The van der Waals surface area contributed by atoms with Crippen molar-refractivity contribution in [3.05, 3.63) is 18.3 Å². The van der Waals surface area contributed by atoms with E-state index in [2.05, 4.69) is 25.4 Å². The largest absolute Gasteiger partial charge is 0.376 e. The summed E-state index contributed by atoms with van der Waals surface area (Å²) in [5, 5.41) is 6.98.